The van der Waals surface area contributed by atoms with Gasteiger partial charge in [-0.1, -0.05) is 6.07 Å². The zero-order chi connectivity index (χ0) is 27.0. The van der Waals surface area contributed by atoms with Crippen LogP contribution in [-0.4, -0.2) is 63.2 Å². The molecule has 0 radical (unpaired) electrons. The summed E-state index contributed by atoms with van der Waals surface area (Å²) in [5, 5.41) is 14.4. The van der Waals surface area contributed by atoms with Gasteiger partial charge in [-0.2, -0.15) is 0 Å². The summed E-state index contributed by atoms with van der Waals surface area (Å²) >= 11 is 0. The number of nitrogens with zero attached hydrogens (tertiary/aromatic N) is 5. The van der Waals surface area contributed by atoms with Gasteiger partial charge in [-0.25, -0.2) is 23.4 Å². The van der Waals surface area contributed by atoms with E-state index in [1.54, 1.807) is 12.1 Å². The predicted octanol–water partition coefficient (Wildman–Crippen LogP) is 3.46. The molecule has 2 aromatic heterocycles. The summed E-state index contributed by atoms with van der Waals surface area (Å²) in [6.07, 6.45) is 5.50. The minimum absolute atomic E-state index is 0.139. The van der Waals surface area contributed by atoms with E-state index in [2.05, 4.69) is 62.7 Å². The van der Waals surface area contributed by atoms with Crippen LogP contribution in [-0.2, 0) is 23.1 Å². The number of sulfonamides is 1. The molecule has 0 aliphatic carbocycles. The van der Waals surface area contributed by atoms with Gasteiger partial charge in [0, 0.05) is 60.9 Å². The third-order valence-corrected chi connectivity index (χ3v) is 8.13. The highest BCUT2D eigenvalue weighted by molar-refractivity contribution is 7.92. The van der Waals surface area contributed by atoms with Gasteiger partial charge in [0.25, 0.3) is 0 Å². The van der Waals surface area contributed by atoms with Crippen LogP contribution in [0.5, 0.6) is 0 Å². The second-order valence-corrected chi connectivity index (χ2v) is 12.2. The van der Waals surface area contributed by atoms with Crippen LogP contribution in [0.4, 0.5) is 17.5 Å². The van der Waals surface area contributed by atoms with E-state index in [9.17, 15) is 13.5 Å². The Hall–Kier alpha value is -3.12. The van der Waals surface area contributed by atoms with Crippen LogP contribution in [0.1, 0.15) is 53.9 Å². The van der Waals surface area contributed by atoms with Gasteiger partial charge < -0.3 is 10.4 Å². The summed E-state index contributed by atoms with van der Waals surface area (Å²) < 4.78 is 25.5. The first kappa shape index (κ1) is 26.5. The molecule has 3 aromatic rings. The molecule has 0 saturated carbocycles. The molecule has 1 unspecified atom stereocenters. The molecule has 2 aliphatic rings. The molecule has 4 heterocycles. The summed E-state index contributed by atoms with van der Waals surface area (Å²) in [6, 6.07) is 10.1. The van der Waals surface area contributed by atoms with Gasteiger partial charge in [0.05, 0.1) is 11.9 Å². The number of fused-ring (bicyclic) bond motifs is 1. The fourth-order valence-corrected chi connectivity index (χ4v) is 5.84. The summed E-state index contributed by atoms with van der Waals surface area (Å²) in [5.74, 6) is 0.816. The molecule has 0 spiro atoms. The third kappa shape index (κ3) is 5.96. The lowest BCUT2D eigenvalue weighted by Crippen LogP contribution is -2.48. The van der Waals surface area contributed by atoms with Gasteiger partial charge >= 0.3 is 0 Å². The van der Waals surface area contributed by atoms with Crippen molar-refractivity contribution in [2.75, 3.05) is 22.8 Å². The maximum Gasteiger partial charge on any atom is 0.230 e. The molecular weight excluding hydrogens is 502 g/mol. The van der Waals surface area contributed by atoms with Crippen LogP contribution in [0.2, 0.25) is 0 Å². The van der Waals surface area contributed by atoms with E-state index < -0.39 is 16.3 Å². The number of hydrogen-bond acceptors (Lipinski definition) is 9. The van der Waals surface area contributed by atoms with E-state index in [1.165, 1.54) is 17.3 Å². The minimum atomic E-state index is -3.44. The summed E-state index contributed by atoms with van der Waals surface area (Å²) in [5.41, 5.74) is 6.30. The lowest BCUT2D eigenvalue weighted by Gasteiger charge is -2.43. The smallest absolute Gasteiger partial charge is 0.230 e. The number of hydrogen-bond donors (Lipinski definition) is 3. The number of rotatable bonds is 7. The number of aromatic nitrogens is 3. The van der Waals surface area contributed by atoms with E-state index in [0.29, 0.717) is 17.6 Å². The van der Waals surface area contributed by atoms with E-state index in [0.717, 1.165) is 55.7 Å². The first-order valence-electron chi connectivity index (χ1n) is 12.9. The summed E-state index contributed by atoms with van der Waals surface area (Å²) in [6.45, 7) is 8.65. The minimum Gasteiger partial charge on any atom is -0.374 e. The maximum absolute atomic E-state index is 11.6. The Morgan fingerprint density at radius 2 is 1.92 bits per heavy atom. The number of nitrogens with one attached hydrogen (secondary N) is 2. The molecular formula is C27H35N7O3S. The normalized spacial score (nSPS) is 21.2. The average Bonchev–Trinajstić information content (AvgIpc) is 3.28. The van der Waals surface area contributed by atoms with E-state index in [-0.39, 0.29) is 11.9 Å². The molecule has 10 nitrogen and oxygen atoms in total. The van der Waals surface area contributed by atoms with Crippen molar-refractivity contribution in [1.82, 2.24) is 24.8 Å². The molecule has 0 amide bonds. The van der Waals surface area contributed by atoms with Crippen molar-refractivity contribution in [2.45, 2.75) is 65.0 Å². The Morgan fingerprint density at radius 1 is 1.11 bits per heavy atom. The standard InChI is InChI=1S/C27H35N7O3S/c1-17-5-6-22(11-18(17)2)30-27-29-14-21-15-33(16-24(21)31-27)23-8-10-34(19(3)12-23)26(35)20-7-9-28-25(13-20)32-38(4,36)37/h5-7,9,11,13-14,19,23,26,35H,8,10,12,15-16H2,1-4H3,(H,28,32)(H,29,30,31)/t19-,23+,26?/m1/s1. The average molecular weight is 538 g/mol. The van der Waals surface area contributed by atoms with E-state index in [4.69, 9.17) is 4.98 Å². The number of aliphatic hydroxyl groups is 1. The SMILES string of the molecule is Cc1ccc(Nc2ncc3c(n2)CN([C@H]2CCN(C(O)c4ccnc(NS(C)(=O)=O)c4)[C@H](C)C2)C3)cc1C. The number of likely N-dealkylation sites (tertiary alicyclic amines) is 1. The lowest BCUT2D eigenvalue weighted by atomic mass is 9.96. The van der Waals surface area contributed by atoms with Crippen molar-refractivity contribution < 1.29 is 13.5 Å². The number of anilines is 3. The van der Waals surface area contributed by atoms with Crippen LogP contribution >= 0.6 is 0 Å². The molecule has 3 atom stereocenters. The second kappa shape index (κ2) is 10.6. The summed E-state index contributed by atoms with van der Waals surface area (Å²) in [4.78, 5) is 17.9. The topological polar surface area (TPSA) is 124 Å². The van der Waals surface area contributed by atoms with Gasteiger partial charge in [0.2, 0.25) is 16.0 Å². The lowest BCUT2D eigenvalue weighted by molar-refractivity contribution is -0.0559. The predicted molar refractivity (Wildman–Crippen MR) is 147 cm³/mol. The molecule has 38 heavy (non-hydrogen) atoms. The van der Waals surface area contributed by atoms with Crippen LogP contribution in [0.15, 0.2) is 42.7 Å². The van der Waals surface area contributed by atoms with Crippen LogP contribution < -0.4 is 10.0 Å². The Labute approximate surface area is 224 Å². The van der Waals surface area contributed by atoms with Gasteiger partial charge in [-0.05, 0) is 69.0 Å². The third-order valence-electron chi connectivity index (χ3n) is 7.55. The van der Waals surface area contributed by atoms with Crippen LogP contribution in [0.25, 0.3) is 0 Å². The number of benzene rings is 1. The fourth-order valence-electron chi connectivity index (χ4n) is 5.35. The van der Waals surface area contributed by atoms with Crippen molar-refractivity contribution >= 4 is 27.5 Å². The largest absolute Gasteiger partial charge is 0.374 e. The van der Waals surface area contributed by atoms with Crippen molar-refractivity contribution in [3.05, 3.63) is 70.7 Å². The van der Waals surface area contributed by atoms with E-state index in [1.807, 2.05) is 12.3 Å². The van der Waals surface area contributed by atoms with Crippen LogP contribution in [0.3, 0.4) is 0 Å². The molecule has 11 heteroatoms. The molecule has 1 fully saturated rings. The Balaban J connectivity index is 1.20. The molecule has 1 saturated heterocycles. The quantitative estimate of drug-likeness (QED) is 0.416. The fraction of sp³-hybridized carbons (Fsp3) is 0.444. The van der Waals surface area contributed by atoms with Crippen molar-refractivity contribution in [2.24, 2.45) is 0 Å². The van der Waals surface area contributed by atoms with Gasteiger partial charge in [0.15, 0.2) is 0 Å². The highest BCUT2D eigenvalue weighted by atomic mass is 32.2. The first-order valence-corrected chi connectivity index (χ1v) is 14.8. The number of piperidine rings is 1. The Bertz CT molecular complexity index is 1430. The maximum atomic E-state index is 11.6. The van der Waals surface area contributed by atoms with Crippen LogP contribution in [0, 0.1) is 13.8 Å². The number of pyridine rings is 1. The second-order valence-electron chi connectivity index (χ2n) is 10.5. The first-order chi connectivity index (χ1) is 18.1. The van der Waals surface area contributed by atoms with E-state index >= 15 is 0 Å². The summed E-state index contributed by atoms with van der Waals surface area (Å²) in [7, 11) is -3.44. The number of aryl methyl sites for hydroxylation is 2. The van der Waals surface area contributed by atoms with Gasteiger partial charge in [0.1, 0.15) is 12.0 Å². The molecule has 3 N–H and O–H groups in total. The van der Waals surface area contributed by atoms with Crippen molar-refractivity contribution in [3.8, 4) is 0 Å². The van der Waals surface area contributed by atoms with Gasteiger partial charge in [-0.3, -0.25) is 14.5 Å². The number of aliphatic hydroxyl groups excluding tert-OH is 1. The molecule has 2 aliphatic heterocycles. The molecule has 0 bridgehead atoms. The van der Waals surface area contributed by atoms with Crippen molar-refractivity contribution in [3.63, 3.8) is 0 Å². The Morgan fingerprint density at radius 3 is 2.66 bits per heavy atom. The van der Waals surface area contributed by atoms with Crippen molar-refractivity contribution in [1.29, 1.82) is 0 Å². The molecule has 5 rings (SSSR count). The molecule has 1 aromatic carbocycles. The highest BCUT2D eigenvalue weighted by Crippen LogP contribution is 2.33. The highest BCUT2D eigenvalue weighted by Gasteiger charge is 2.35. The zero-order valence-corrected chi connectivity index (χ0v) is 23.0. The Kier molecular flexibility index (Phi) is 7.36. The molecule has 202 valence electrons. The zero-order valence-electron chi connectivity index (χ0n) is 22.2. The van der Waals surface area contributed by atoms with Gasteiger partial charge in [-0.15, -0.1) is 0 Å². The monoisotopic (exact) mass is 537 g/mol.